The molecule has 0 unspecified atom stereocenters. The minimum absolute atomic E-state index is 0.601. The van der Waals surface area contributed by atoms with E-state index in [2.05, 4.69) is 36.1 Å². The van der Waals surface area contributed by atoms with Crippen molar-refractivity contribution in [1.82, 2.24) is 0 Å². The maximum absolute atomic E-state index is 5.18. The zero-order valence-electron chi connectivity index (χ0n) is 4.77. The highest BCUT2D eigenvalue weighted by atomic mass is 79.9. The largest absolute Gasteiger partial charge is 0.383 e. The second-order valence-corrected chi connectivity index (χ2v) is 3.49. The molecular formula is C6H3Br2ClO. The van der Waals surface area contributed by atoms with Gasteiger partial charge in [-0.1, -0.05) is 6.07 Å². The summed E-state index contributed by atoms with van der Waals surface area (Å²) in [6.07, 6.45) is 0. The van der Waals surface area contributed by atoms with Crippen molar-refractivity contribution in [1.29, 1.82) is 0 Å². The standard InChI is InChI=1S/C6H3Br2ClO/c7-4-2-1-3-5(8)6(4)10-9/h1-3H. The van der Waals surface area contributed by atoms with Gasteiger partial charge in [-0.25, -0.2) is 0 Å². The van der Waals surface area contributed by atoms with Gasteiger partial charge in [0.15, 0.2) is 5.75 Å². The van der Waals surface area contributed by atoms with Crippen LogP contribution in [-0.2, 0) is 0 Å². The number of hydrogen-bond acceptors (Lipinski definition) is 1. The van der Waals surface area contributed by atoms with Crippen molar-refractivity contribution >= 4 is 43.7 Å². The lowest BCUT2D eigenvalue weighted by molar-refractivity contribution is 0.611. The van der Waals surface area contributed by atoms with E-state index in [-0.39, 0.29) is 0 Å². The highest BCUT2D eigenvalue weighted by Crippen LogP contribution is 2.33. The van der Waals surface area contributed by atoms with E-state index in [0.29, 0.717) is 5.75 Å². The third kappa shape index (κ3) is 1.65. The van der Waals surface area contributed by atoms with Crippen LogP contribution < -0.4 is 4.29 Å². The zero-order chi connectivity index (χ0) is 7.56. The molecule has 0 bridgehead atoms. The summed E-state index contributed by atoms with van der Waals surface area (Å²) < 4.78 is 6.22. The van der Waals surface area contributed by atoms with Crippen LogP contribution in [0.2, 0.25) is 0 Å². The average Bonchev–Trinajstić information content (AvgIpc) is 1.88. The van der Waals surface area contributed by atoms with Gasteiger partial charge < -0.3 is 4.29 Å². The first-order valence-corrected chi connectivity index (χ1v) is 4.38. The molecule has 0 aliphatic rings. The molecule has 0 atom stereocenters. The second-order valence-electron chi connectivity index (χ2n) is 1.63. The van der Waals surface area contributed by atoms with E-state index in [1.807, 2.05) is 18.2 Å². The molecule has 1 aromatic rings. The Hall–Kier alpha value is 0.270. The average molecular weight is 286 g/mol. The van der Waals surface area contributed by atoms with Crippen molar-refractivity contribution in [2.24, 2.45) is 0 Å². The molecular weight excluding hydrogens is 283 g/mol. The van der Waals surface area contributed by atoms with Gasteiger partial charge in [0.05, 0.1) is 8.95 Å². The molecule has 1 aromatic carbocycles. The number of hydrogen-bond donors (Lipinski definition) is 0. The highest BCUT2D eigenvalue weighted by molar-refractivity contribution is 9.11. The lowest BCUT2D eigenvalue weighted by Gasteiger charge is -2.00. The van der Waals surface area contributed by atoms with Crippen LogP contribution in [0, 0.1) is 0 Å². The van der Waals surface area contributed by atoms with Crippen molar-refractivity contribution in [2.75, 3.05) is 0 Å². The fourth-order valence-electron chi connectivity index (χ4n) is 0.556. The summed E-state index contributed by atoms with van der Waals surface area (Å²) in [5.41, 5.74) is 0. The van der Waals surface area contributed by atoms with Crippen LogP contribution in [0.25, 0.3) is 0 Å². The van der Waals surface area contributed by atoms with Crippen molar-refractivity contribution in [3.05, 3.63) is 27.1 Å². The minimum atomic E-state index is 0.601. The predicted octanol–water partition coefficient (Wildman–Crippen LogP) is 3.74. The molecule has 0 saturated heterocycles. The molecule has 10 heavy (non-hydrogen) atoms. The van der Waals surface area contributed by atoms with Crippen LogP contribution in [0.1, 0.15) is 0 Å². The highest BCUT2D eigenvalue weighted by Gasteiger charge is 2.03. The topological polar surface area (TPSA) is 9.23 Å². The van der Waals surface area contributed by atoms with E-state index in [0.717, 1.165) is 8.95 Å². The van der Waals surface area contributed by atoms with Crippen LogP contribution in [0.3, 0.4) is 0 Å². The summed E-state index contributed by atoms with van der Waals surface area (Å²) in [5, 5.41) is 0. The number of para-hydroxylation sites is 1. The normalized spacial score (nSPS) is 9.50. The van der Waals surface area contributed by atoms with Crippen molar-refractivity contribution in [2.45, 2.75) is 0 Å². The fourth-order valence-corrected chi connectivity index (χ4v) is 2.07. The molecule has 54 valence electrons. The Bertz CT molecular complexity index is 219. The fraction of sp³-hybridized carbons (Fsp3) is 0. The van der Waals surface area contributed by atoms with Crippen LogP contribution >= 0.6 is 43.7 Å². The Morgan fingerprint density at radius 2 is 1.70 bits per heavy atom. The number of rotatable bonds is 1. The van der Waals surface area contributed by atoms with Gasteiger partial charge in [-0.05, 0) is 44.0 Å². The number of benzene rings is 1. The van der Waals surface area contributed by atoms with E-state index < -0.39 is 0 Å². The molecule has 0 radical (unpaired) electrons. The van der Waals surface area contributed by atoms with Gasteiger partial charge >= 0.3 is 0 Å². The van der Waals surface area contributed by atoms with Crippen LogP contribution in [-0.4, -0.2) is 0 Å². The first-order chi connectivity index (χ1) is 4.75. The molecule has 0 fully saturated rings. The molecule has 0 amide bonds. The number of halogens is 3. The van der Waals surface area contributed by atoms with Crippen molar-refractivity contribution < 1.29 is 4.29 Å². The summed E-state index contributed by atoms with van der Waals surface area (Å²) in [7, 11) is 0. The Morgan fingerprint density at radius 3 is 2.00 bits per heavy atom. The first kappa shape index (κ1) is 8.37. The molecule has 0 aliphatic heterocycles. The molecule has 0 N–H and O–H groups in total. The van der Waals surface area contributed by atoms with Gasteiger partial charge in [-0.15, -0.1) is 0 Å². The van der Waals surface area contributed by atoms with Gasteiger partial charge in [0.2, 0.25) is 0 Å². The lowest BCUT2D eigenvalue weighted by Crippen LogP contribution is -1.77. The van der Waals surface area contributed by atoms with Gasteiger partial charge in [0.25, 0.3) is 0 Å². The molecule has 0 aliphatic carbocycles. The molecule has 1 rings (SSSR count). The van der Waals surface area contributed by atoms with Crippen LogP contribution in [0.15, 0.2) is 27.1 Å². The summed E-state index contributed by atoms with van der Waals surface area (Å²) >= 11 is 11.7. The van der Waals surface area contributed by atoms with Crippen LogP contribution in [0.5, 0.6) is 5.75 Å². The van der Waals surface area contributed by atoms with E-state index in [4.69, 9.17) is 11.9 Å². The Kier molecular flexibility index (Phi) is 3.01. The zero-order valence-corrected chi connectivity index (χ0v) is 8.70. The van der Waals surface area contributed by atoms with Gasteiger partial charge in [0, 0.05) is 0 Å². The smallest absolute Gasteiger partial charge is 0.174 e. The molecule has 0 aromatic heterocycles. The molecule has 0 saturated carbocycles. The second kappa shape index (κ2) is 3.60. The summed E-state index contributed by atoms with van der Waals surface area (Å²) in [6, 6.07) is 5.58. The van der Waals surface area contributed by atoms with Gasteiger partial charge in [-0.3, -0.25) is 0 Å². The van der Waals surface area contributed by atoms with Crippen LogP contribution in [0.4, 0.5) is 0 Å². The maximum Gasteiger partial charge on any atom is 0.174 e. The summed E-state index contributed by atoms with van der Waals surface area (Å²) in [5.74, 6) is 0.601. The first-order valence-electron chi connectivity index (χ1n) is 2.48. The third-order valence-electron chi connectivity index (χ3n) is 0.996. The quantitative estimate of drug-likeness (QED) is 0.764. The monoisotopic (exact) mass is 284 g/mol. The SMILES string of the molecule is ClOc1c(Br)cccc1Br. The Morgan fingerprint density at radius 1 is 1.20 bits per heavy atom. The van der Waals surface area contributed by atoms with E-state index in [1.165, 1.54) is 0 Å². The lowest BCUT2D eigenvalue weighted by atomic mass is 10.3. The Balaban J connectivity index is 3.17. The third-order valence-corrected chi connectivity index (χ3v) is 2.40. The maximum atomic E-state index is 5.18. The predicted molar refractivity (Wildman–Crippen MR) is 48.3 cm³/mol. The van der Waals surface area contributed by atoms with Gasteiger partial charge in [-0.2, -0.15) is 0 Å². The van der Waals surface area contributed by atoms with E-state index in [9.17, 15) is 0 Å². The molecule has 0 spiro atoms. The summed E-state index contributed by atoms with van der Waals surface area (Å²) in [6.45, 7) is 0. The van der Waals surface area contributed by atoms with Crippen molar-refractivity contribution in [3.8, 4) is 5.75 Å². The summed E-state index contributed by atoms with van der Waals surface area (Å²) in [4.78, 5) is 0. The van der Waals surface area contributed by atoms with E-state index >= 15 is 0 Å². The minimum Gasteiger partial charge on any atom is -0.383 e. The Labute approximate surface area is 80.8 Å². The van der Waals surface area contributed by atoms with Gasteiger partial charge in [0.1, 0.15) is 11.9 Å². The van der Waals surface area contributed by atoms with E-state index in [1.54, 1.807) is 0 Å². The molecule has 1 nitrogen and oxygen atoms in total. The van der Waals surface area contributed by atoms with Crippen molar-refractivity contribution in [3.63, 3.8) is 0 Å². The molecule has 4 heteroatoms. The molecule has 0 heterocycles.